The fourth-order valence-corrected chi connectivity index (χ4v) is 0.920. The van der Waals surface area contributed by atoms with E-state index in [1.165, 1.54) is 12.1 Å². The number of rotatable bonds is 5. The van der Waals surface area contributed by atoms with Gasteiger partial charge in [0.05, 0.1) is 6.54 Å². The number of alkyl halides is 2. The second kappa shape index (κ2) is 4.94. The highest BCUT2D eigenvalue weighted by molar-refractivity contribution is 5.07. The monoisotopic (exact) mass is 190 g/mol. The van der Waals surface area contributed by atoms with Crippen LogP contribution in [0.25, 0.3) is 0 Å². The normalized spacial score (nSPS) is 11.1. The molecule has 0 fully saturated rings. The molecule has 1 aromatic rings. The van der Waals surface area contributed by atoms with E-state index in [0.717, 1.165) is 0 Å². The summed E-state index contributed by atoms with van der Waals surface area (Å²) < 4.78 is 28.9. The predicted octanol–water partition coefficient (Wildman–Crippen LogP) is 1.27. The summed E-state index contributed by atoms with van der Waals surface area (Å²) in [6, 6.07) is 2.81. The molecule has 0 aliphatic carbocycles. The molecular formula is C8H12F2N2O. The van der Waals surface area contributed by atoms with Gasteiger partial charge in [0, 0.05) is 13.1 Å². The van der Waals surface area contributed by atoms with Crippen LogP contribution in [0.3, 0.4) is 0 Å². The van der Waals surface area contributed by atoms with Gasteiger partial charge in [-0.3, -0.25) is 0 Å². The Hall–Kier alpha value is -0.940. The molecule has 0 saturated heterocycles. The van der Waals surface area contributed by atoms with E-state index in [0.29, 0.717) is 25.4 Å². The van der Waals surface area contributed by atoms with E-state index in [4.69, 9.17) is 10.2 Å². The lowest BCUT2D eigenvalue weighted by Gasteiger charge is -1.98. The predicted molar refractivity (Wildman–Crippen MR) is 44.4 cm³/mol. The highest BCUT2D eigenvalue weighted by Gasteiger charge is 2.11. The van der Waals surface area contributed by atoms with Crippen molar-refractivity contribution in [2.24, 2.45) is 5.73 Å². The van der Waals surface area contributed by atoms with E-state index in [1.807, 2.05) is 0 Å². The van der Waals surface area contributed by atoms with Crippen LogP contribution in [0.4, 0.5) is 8.78 Å². The molecule has 0 aromatic carbocycles. The summed E-state index contributed by atoms with van der Waals surface area (Å²) >= 11 is 0. The molecule has 0 amide bonds. The van der Waals surface area contributed by atoms with Crippen LogP contribution in [-0.4, -0.2) is 13.1 Å². The Bertz CT molecular complexity index is 250. The Kier molecular flexibility index (Phi) is 3.85. The summed E-state index contributed by atoms with van der Waals surface area (Å²) in [6.07, 6.45) is -2.54. The number of furan rings is 1. The van der Waals surface area contributed by atoms with Crippen LogP contribution in [0, 0.1) is 0 Å². The Morgan fingerprint density at radius 3 is 2.77 bits per heavy atom. The van der Waals surface area contributed by atoms with Crippen LogP contribution in [0.1, 0.15) is 17.9 Å². The molecule has 1 aromatic heterocycles. The minimum absolute atomic E-state index is 0.287. The summed E-state index contributed by atoms with van der Waals surface area (Å²) in [6.45, 7) is 1.59. The van der Waals surface area contributed by atoms with Crippen molar-refractivity contribution in [2.75, 3.05) is 13.1 Å². The van der Waals surface area contributed by atoms with Gasteiger partial charge in [0.1, 0.15) is 5.76 Å². The third kappa shape index (κ3) is 3.12. The molecular weight excluding hydrogens is 178 g/mol. The molecule has 1 heterocycles. The second-order valence-electron chi connectivity index (χ2n) is 2.57. The van der Waals surface area contributed by atoms with Gasteiger partial charge >= 0.3 is 0 Å². The Labute approximate surface area is 74.9 Å². The third-order valence-electron chi connectivity index (χ3n) is 1.52. The van der Waals surface area contributed by atoms with E-state index in [9.17, 15) is 8.78 Å². The standard InChI is InChI=1S/C8H12F2N2O/c9-8(10)7-2-1-6(13-7)5-12-4-3-11/h1-2,8,12H,3-5,11H2. The van der Waals surface area contributed by atoms with Crippen LogP contribution in [0.2, 0.25) is 0 Å². The molecule has 74 valence electrons. The number of halogens is 2. The number of nitrogens with two attached hydrogens (primary N) is 1. The summed E-state index contributed by atoms with van der Waals surface area (Å²) in [7, 11) is 0. The van der Waals surface area contributed by atoms with Gasteiger partial charge in [-0.25, -0.2) is 8.78 Å². The smallest absolute Gasteiger partial charge is 0.295 e. The lowest BCUT2D eigenvalue weighted by atomic mass is 10.4. The summed E-state index contributed by atoms with van der Waals surface area (Å²) in [5.74, 6) is 0.216. The largest absolute Gasteiger partial charge is 0.459 e. The third-order valence-corrected chi connectivity index (χ3v) is 1.52. The number of hydrogen-bond donors (Lipinski definition) is 2. The minimum Gasteiger partial charge on any atom is -0.459 e. The molecule has 0 aliphatic rings. The van der Waals surface area contributed by atoms with Gasteiger partial charge in [-0.15, -0.1) is 0 Å². The molecule has 0 saturated carbocycles. The fraction of sp³-hybridized carbons (Fsp3) is 0.500. The maximum Gasteiger partial charge on any atom is 0.295 e. The van der Waals surface area contributed by atoms with Gasteiger partial charge in [-0.1, -0.05) is 0 Å². The first-order valence-electron chi connectivity index (χ1n) is 4.01. The lowest BCUT2D eigenvalue weighted by Crippen LogP contribution is -2.21. The minimum atomic E-state index is -2.54. The second-order valence-corrected chi connectivity index (χ2v) is 2.57. The van der Waals surface area contributed by atoms with Crippen LogP contribution in [0.5, 0.6) is 0 Å². The first-order chi connectivity index (χ1) is 6.24. The van der Waals surface area contributed by atoms with Crippen molar-refractivity contribution in [3.63, 3.8) is 0 Å². The zero-order chi connectivity index (χ0) is 9.68. The molecule has 1 rings (SSSR count). The van der Waals surface area contributed by atoms with Gasteiger partial charge in [-0.2, -0.15) is 0 Å². The molecule has 3 nitrogen and oxygen atoms in total. The van der Waals surface area contributed by atoms with Crippen molar-refractivity contribution in [1.82, 2.24) is 5.32 Å². The summed E-state index contributed by atoms with van der Waals surface area (Å²) in [4.78, 5) is 0. The molecule has 5 heteroatoms. The average molecular weight is 190 g/mol. The SMILES string of the molecule is NCCNCc1ccc(C(F)F)o1. The molecule has 13 heavy (non-hydrogen) atoms. The average Bonchev–Trinajstić information content (AvgIpc) is 2.53. The molecule has 3 N–H and O–H groups in total. The van der Waals surface area contributed by atoms with Gasteiger partial charge in [0.25, 0.3) is 6.43 Å². The van der Waals surface area contributed by atoms with Crippen molar-refractivity contribution >= 4 is 0 Å². The molecule has 0 bridgehead atoms. The van der Waals surface area contributed by atoms with Gasteiger partial charge in [0.2, 0.25) is 0 Å². The molecule has 0 unspecified atom stereocenters. The zero-order valence-electron chi connectivity index (χ0n) is 7.09. The molecule has 0 spiro atoms. The zero-order valence-corrected chi connectivity index (χ0v) is 7.09. The van der Waals surface area contributed by atoms with E-state index < -0.39 is 6.43 Å². The fourth-order valence-electron chi connectivity index (χ4n) is 0.920. The van der Waals surface area contributed by atoms with E-state index in [2.05, 4.69) is 5.32 Å². The van der Waals surface area contributed by atoms with Crippen molar-refractivity contribution < 1.29 is 13.2 Å². The van der Waals surface area contributed by atoms with Gasteiger partial charge in [-0.05, 0) is 12.1 Å². The maximum absolute atomic E-state index is 12.0. The quantitative estimate of drug-likeness (QED) is 0.687. The highest BCUT2D eigenvalue weighted by atomic mass is 19.3. The Morgan fingerprint density at radius 2 is 2.23 bits per heavy atom. The van der Waals surface area contributed by atoms with Crippen molar-refractivity contribution in [3.05, 3.63) is 23.7 Å². The van der Waals surface area contributed by atoms with E-state index >= 15 is 0 Å². The van der Waals surface area contributed by atoms with Crippen LogP contribution in [-0.2, 0) is 6.54 Å². The maximum atomic E-state index is 12.0. The van der Waals surface area contributed by atoms with Crippen LogP contribution < -0.4 is 11.1 Å². The van der Waals surface area contributed by atoms with Crippen LogP contribution in [0.15, 0.2) is 16.5 Å². The number of nitrogens with one attached hydrogen (secondary N) is 1. The molecule has 0 radical (unpaired) electrons. The lowest BCUT2D eigenvalue weighted by molar-refractivity contribution is 0.119. The highest BCUT2D eigenvalue weighted by Crippen LogP contribution is 2.20. The number of hydrogen-bond acceptors (Lipinski definition) is 3. The van der Waals surface area contributed by atoms with Gasteiger partial charge in [0.15, 0.2) is 5.76 Å². The first kappa shape index (κ1) is 10.1. The Morgan fingerprint density at radius 1 is 1.46 bits per heavy atom. The molecule has 0 aliphatic heterocycles. The summed E-state index contributed by atoms with van der Waals surface area (Å²) in [5, 5.41) is 2.94. The van der Waals surface area contributed by atoms with Gasteiger partial charge < -0.3 is 15.5 Å². The van der Waals surface area contributed by atoms with Crippen molar-refractivity contribution in [1.29, 1.82) is 0 Å². The van der Waals surface area contributed by atoms with Crippen molar-refractivity contribution in [3.8, 4) is 0 Å². The topological polar surface area (TPSA) is 51.2 Å². The first-order valence-corrected chi connectivity index (χ1v) is 4.01. The molecule has 0 atom stereocenters. The van der Waals surface area contributed by atoms with Crippen LogP contribution >= 0.6 is 0 Å². The Balaban J connectivity index is 2.40. The van der Waals surface area contributed by atoms with Crippen molar-refractivity contribution in [2.45, 2.75) is 13.0 Å². The van der Waals surface area contributed by atoms with E-state index in [-0.39, 0.29) is 5.76 Å². The summed E-state index contributed by atoms with van der Waals surface area (Å²) in [5.41, 5.74) is 5.23. The van der Waals surface area contributed by atoms with E-state index in [1.54, 1.807) is 0 Å².